The molecule has 76 valence electrons. The first kappa shape index (κ1) is 11.1. The van der Waals surface area contributed by atoms with Crippen molar-refractivity contribution in [2.45, 2.75) is 51.7 Å². The molecule has 0 aromatic heterocycles. The van der Waals surface area contributed by atoms with E-state index in [9.17, 15) is 4.55 Å². The van der Waals surface area contributed by atoms with Crippen LogP contribution in [-0.4, -0.2) is 15.0 Å². The van der Waals surface area contributed by atoms with Gasteiger partial charge in [-0.25, -0.2) is 0 Å². The predicted molar refractivity (Wildman–Crippen MR) is 58.3 cm³/mol. The summed E-state index contributed by atoms with van der Waals surface area (Å²) in [5, 5.41) is 0. The Labute approximate surface area is 84.1 Å². The van der Waals surface area contributed by atoms with Crippen LogP contribution < -0.4 is 0 Å². The molecular weight excluding hydrogens is 182 g/mol. The second-order valence-corrected chi connectivity index (χ2v) is 6.64. The van der Waals surface area contributed by atoms with Crippen LogP contribution in [0, 0.1) is 5.92 Å². The lowest BCUT2D eigenvalue weighted by atomic mass is 10.1. The van der Waals surface area contributed by atoms with Crippen LogP contribution in [0.4, 0.5) is 0 Å². The van der Waals surface area contributed by atoms with E-state index in [0.717, 1.165) is 12.1 Å². The van der Waals surface area contributed by atoms with E-state index in [0.29, 0.717) is 5.92 Å². The van der Waals surface area contributed by atoms with Crippen molar-refractivity contribution < 1.29 is 4.55 Å². The van der Waals surface area contributed by atoms with Gasteiger partial charge in [0, 0.05) is 0 Å². The van der Waals surface area contributed by atoms with Crippen LogP contribution in [0.15, 0.2) is 4.40 Å². The SMILES string of the molecule is CC1CCCC1=N[S+]([O-])C(C)(C)C. The van der Waals surface area contributed by atoms with Crippen LogP contribution in [0.1, 0.15) is 47.0 Å². The van der Waals surface area contributed by atoms with E-state index >= 15 is 0 Å². The summed E-state index contributed by atoms with van der Waals surface area (Å²) >= 11 is -1.06. The quantitative estimate of drug-likeness (QED) is 0.601. The average molecular weight is 201 g/mol. The molecule has 0 spiro atoms. The number of hydrogen-bond donors (Lipinski definition) is 0. The number of hydrogen-bond acceptors (Lipinski definition) is 2. The predicted octanol–water partition coefficient (Wildman–Crippen LogP) is 2.71. The van der Waals surface area contributed by atoms with E-state index in [1.807, 2.05) is 20.8 Å². The molecule has 1 fully saturated rings. The van der Waals surface area contributed by atoms with Crippen molar-refractivity contribution in [3.8, 4) is 0 Å². The van der Waals surface area contributed by atoms with Crippen molar-refractivity contribution in [2.24, 2.45) is 10.3 Å². The number of nitrogens with zero attached hydrogens (tertiary/aromatic N) is 1. The highest BCUT2D eigenvalue weighted by Crippen LogP contribution is 2.25. The molecule has 0 heterocycles. The number of rotatable bonds is 1. The first-order valence-electron chi connectivity index (χ1n) is 4.90. The van der Waals surface area contributed by atoms with Crippen molar-refractivity contribution in [1.29, 1.82) is 0 Å². The summed E-state index contributed by atoms with van der Waals surface area (Å²) in [5.74, 6) is 0.547. The largest absolute Gasteiger partial charge is 0.591 e. The molecule has 13 heavy (non-hydrogen) atoms. The Bertz CT molecular complexity index is 207. The summed E-state index contributed by atoms with van der Waals surface area (Å²) in [4.78, 5) is 0. The van der Waals surface area contributed by atoms with Gasteiger partial charge in [0.15, 0.2) is 0 Å². The lowest BCUT2D eigenvalue weighted by Crippen LogP contribution is -2.27. The molecule has 1 rings (SSSR count). The molecule has 1 saturated carbocycles. The maximum Gasteiger partial charge on any atom is 0.144 e. The molecule has 0 aromatic carbocycles. The third-order valence-electron chi connectivity index (χ3n) is 2.36. The van der Waals surface area contributed by atoms with Gasteiger partial charge in [0.2, 0.25) is 0 Å². The van der Waals surface area contributed by atoms with Gasteiger partial charge < -0.3 is 4.55 Å². The van der Waals surface area contributed by atoms with Crippen LogP contribution >= 0.6 is 0 Å². The van der Waals surface area contributed by atoms with Gasteiger partial charge in [-0.2, -0.15) is 0 Å². The third-order valence-corrected chi connectivity index (χ3v) is 3.81. The van der Waals surface area contributed by atoms with Crippen LogP contribution in [-0.2, 0) is 11.4 Å². The summed E-state index contributed by atoms with van der Waals surface area (Å²) in [7, 11) is 0. The molecule has 2 nitrogen and oxygen atoms in total. The fourth-order valence-electron chi connectivity index (χ4n) is 1.38. The molecule has 2 unspecified atom stereocenters. The highest BCUT2D eigenvalue weighted by Gasteiger charge is 2.29. The molecule has 0 saturated heterocycles. The van der Waals surface area contributed by atoms with Crippen molar-refractivity contribution >= 4 is 17.1 Å². The molecule has 0 N–H and O–H groups in total. The van der Waals surface area contributed by atoms with E-state index in [-0.39, 0.29) is 4.75 Å². The van der Waals surface area contributed by atoms with Crippen molar-refractivity contribution in [3.05, 3.63) is 0 Å². The van der Waals surface area contributed by atoms with Crippen molar-refractivity contribution in [3.63, 3.8) is 0 Å². The van der Waals surface area contributed by atoms with E-state index in [2.05, 4.69) is 11.3 Å². The van der Waals surface area contributed by atoms with Crippen LogP contribution in [0.5, 0.6) is 0 Å². The molecule has 0 aliphatic heterocycles. The third kappa shape index (κ3) is 2.99. The first-order chi connectivity index (χ1) is 5.91. The smallest absolute Gasteiger partial charge is 0.144 e. The zero-order chi connectivity index (χ0) is 10.1. The lowest BCUT2D eigenvalue weighted by Gasteiger charge is -2.19. The van der Waals surface area contributed by atoms with Gasteiger partial charge in [0.25, 0.3) is 0 Å². The van der Waals surface area contributed by atoms with Crippen molar-refractivity contribution in [2.75, 3.05) is 0 Å². The topological polar surface area (TPSA) is 35.4 Å². The summed E-state index contributed by atoms with van der Waals surface area (Å²) in [5.41, 5.74) is 1.16. The van der Waals surface area contributed by atoms with E-state index in [1.165, 1.54) is 12.8 Å². The summed E-state index contributed by atoms with van der Waals surface area (Å²) in [6.07, 6.45) is 3.46. The van der Waals surface area contributed by atoms with Gasteiger partial charge in [0.1, 0.15) is 16.1 Å². The normalized spacial score (nSPS) is 29.6. The standard InChI is InChI=1S/C10H19NOS/c1-8-6-5-7-9(8)11-13(12)10(2,3)4/h8H,5-7H2,1-4H3. The van der Waals surface area contributed by atoms with Crippen LogP contribution in [0.2, 0.25) is 0 Å². The minimum Gasteiger partial charge on any atom is -0.591 e. The highest BCUT2D eigenvalue weighted by atomic mass is 32.2. The Morgan fingerprint density at radius 2 is 2.08 bits per heavy atom. The minimum absolute atomic E-state index is 0.213. The minimum atomic E-state index is -1.06. The van der Waals surface area contributed by atoms with Gasteiger partial charge in [-0.3, -0.25) is 0 Å². The van der Waals surface area contributed by atoms with Gasteiger partial charge in [-0.15, -0.1) is 0 Å². The first-order valence-corrected chi connectivity index (χ1v) is 6.01. The monoisotopic (exact) mass is 201 g/mol. The molecule has 0 aromatic rings. The second-order valence-electron chi connectivity index (χ2n) is 4.74. The average Bonchev–Trinajstić information content (AvgIpc) is 2.34. The molecular formula is C10H19NOS. The Hall–Kier alpha value is -0.0200. The zero-order valence-corrected chi connectivity index (χ0v) is 9.78. The molecule has 2 atom stereocenters. The van der Waals surface area contributed by atoms with Gasteiger partial charge in [-0.05, 0) is 46.0 Å². The molecule has 3 heteroatoms. The van der Waals surface area contributed by atoms with Crippen LogP contribution in [0.25, 0.3) is 0 Å². The van der Waals surface area contributed by atoms with Gasteiger partial charge in [0.05, 0.1) is 5.71 Å². The van der Waals surface area contributed by atoms with Gasteiger partial charge in [-0.1, -0.05) is 11.3 Å². The Kier molecular flexibility index (Phi) is 3.41. The van der Waals surface area contributed by atoms with E-state index < -0.39 is 11.4 Å². The molecule has 0 bridgehead atoms. The molecule has 0 amide bonds. The summed E-state index contributed by atoms with van der Waals surface area (Å²) in [6, 6.07) is 0. The van der Waals surface area contributed by atoms with E-state index in [4.69, 9.17) is 0 Å². The fourth-order valence-corrected chi connectivity index (χ4v) is 2.14. The lowest BCUT2D eigenvalue weighted by molar-refractivity contribution is 0.561. The van der Waals surface area contributed by atoms with Crippen molar-refractivity contribution in [1.82, 2.24) is 0 Å². The highest BCUT2D eigenvalue weighted by molar-refractivity contribution is 7.91. The Morgan fingerprint density at radius 1 is 1.46 bits per heavy atom. The molecule has 1 aliphatic rings. The Morgan fingerprint density at radius 3 is 2.46 bits per heavy atom. The van der Waals surface area contributed by atoms with E-state index in [1.54, 1.807) is 0 Å². The second kappa shape index (κ2) is 4.01. The Balaban J connectivity index is 2.64. The maximum absolute atomic E-state index is 11.7. The molecule has 1 aliphatic carbocycles. The summed E-state index contributed by atoms with van der Waals surface area (Å²) in [6.45, 7) is 8.07. The molecule has 0 radical (unpaired) electrons. The van der Waals surface area contributed by atoms with Crippen LogP contribution in [0.3, 0.4) is 0 Å². The van der Waals surface area contributed by atoms with Gasteiger partial charge >= 0.3 is 0 Å². The zero-order valence-electron chi connectivity index (χ0n) is 8.96. The maximum atomic E-state index is 11.7. The fraction of sp³-hybridized carbons (Fsp3) is 0.900. The summed E-state index contributed by atoms with van der Waals surface area (Å²) < 4.78 is 15.8.